The Morgan fingerprint density at radius 2 is 1.96 bits per heavy atom. The molecule has 0 radical (unpaired) electrons. The van der Waals surface area contributed by atoms with E-state index in [-0.39, 0.29) is 22.7 Å². The van der Waals surface area contributed by atoms with E-state index < -0.39 is 35.4 Å². The second-order valence-corrected chi connectivity index (χ2v) is 8.10. The Morgan fingerprint density at radius 3 is 2.62 bits per heavy atom. The maximum Gasteiger partial charge on any atom is 0.324 e. The van der Waals surface area contributed by atoms with E-state index in [4.69, 9.17) is 16.7 Å². The Labute approximate surface area is 164 Å². The first-order chi connectivity index (χ1) is 12.3. The molecular weight excluding hydrogens is 451 g/mol. The summed E-state index contributed by atoms with van der Waals surface area (Å²) in [4.78, 5) is 23.6. The fourth-order valence-electron chi connectivity index (χ4n) is 2.50. The minimum absolute atomic E-state index is 0.107. The summed E-state index contributed by atoms with van der Waals surface area (Å²) in [6.45, 7) is -0.875. The number of fused-ring (bicyclic) bond motifs is 1. The lowest BCUT2D eigenvalue weighted by Crippen LogP contribution is -2.48. The standard InChI is InChI=1S/C16H11BrClFN2O4S/c17-10-2-1-9(13(19)5-10)7-20-14-4-3-11(18)6-12(14)16(24)21(26(20)25)8-15(22)23/h1-6H,7-8H2,(H,22,23). The van der Waals surface area contributed by atoms with Gasteiger partial charge in [0.25, 0.3) is 5.91 Å². The van der Waals surface area contributed by atoms with Crippen molar-refractivity contribution in [3.63, 3.8) is 0 Å². The fraction of sp³-hybridized carbons (Fsp3) is 0.125. The van der Waals surface area contributed by atoms with Crippen molar-refractivity contribution in [3.8, 4) is 0 Å². The molecule has 3 rings (SSSR count). The van der Waals surface area contributed by atoms with Crippen molar-refractivity contribution in [1.82, 2.24) is 4.31 Å². The highest BCUT2D eigenvalue weighted by Crippen LogP contribution is 2.34. The molecule has 0 fully saturated rings. The Morgan fingerprint density at radius 1 is 1.23 bits per heavy atom. The maximum atomic E-state index is 14.2. The van der Waals surface area contributed by atoms with Gasteiger partial charge < -0.3 is 5.11 Å². The van der Waals surface area contributed by atoms with Gasteiger partial charge in [-0.3, -0.25) is 13.9 Å². The molecule has 1 aliphatic heterocycles. The van der Waals surface area contributed by atoms with Gasteiger partial charge in [-0.05, 0) is 30.3 Å². The number of amides is 1. The number of halogens is 3. The molecule has 1 N–H and O–H groups in total. The highest BCUT2D eigenvalue weighted by molar-refractivity contribution is 9.10. The van der Waals surface area contributed by atoms with E-state index in [1.165, 1.54) is 34.6 Å². The van der Waals surface area contributed by atoms with Crippen LogP contribution in [0.2, 0.25) is 5.02 Å². The number of hydrogen-bond acceptors (Lipinski definition) is 3. The van der Waals surface area contributed by atoms with Gasteiger partial charge in [-0.15, -0.1) is 0 Å². The largest absolute Gasteiger partial charge is 0.480 e. The summed E-state index contributed by atoms with van der Waals surface area (Å²) in [5.41, 5.74) is 0.643. The SMILES string of the molecule is O=C(O)CN1C(=O)c2cc(Cl)ccc2N(Cc2ccc(Br)cc2F)S1=O. The lowest BCUT2D eigenvalue weighted by molar-refractivity contribution is -0.136. The van der Waals surface area contributed by atoms with E-state index in [9.17, 15) is 18.2 Å². The molecule has 2 aromatic rings. The van der Waals surface area contributed by atoms with Crippen LogP contribution in [-0.4, -0.2) is 32.0 Å². The van der Waals surface area contributed by atoms with Crippen molar-refractivity contribution < 1.29 is 23.3 Å². The molecule has 136 valence electrons. The maximum absolute atomic E-state index is 14.2. The van der Waals surface area contributed by atoms with Crippen LogP contribution in [0.15, 0.2) is 40.9 Å². The third-order valence-electron chi connectivity index (χ3n) is 3.67. The molecule has 1 atom stereocenters. The van der Waals surface area contributed by atoms with Crippen molar-refractivity contribution in [3.05, 3.63) is 62.8 Å². The van der Waals surface area contributed by atoms with Gasteiger partial charge in [-0.2, -0.15) is 0 Å². The molecule has 1 heterocycles. The normalized spacial score (nSPS) is 16.6. The summed E-state index contributed by atoms with van der Waals surface area (Å²) in [6, 6.07) is 8.81. The molecule has 6 nitrogen and oxygen atoms in total. The summed E-state index contributed by atoms with van der Waals surface area (Å²) in [5, 5.41) is 9.29. The number of carbonyl (C=O) groups is 2. The number of hydrogen-bond donors (Lipinski definition) is 1. The summed E-state index contributed by atoms with van der Waals surface area (Å²) in [6.07, 6.45) is 0. The summed E-state index contributed by atoms with van der Waals surface area (Å²) in [5.74, 6) is -2.55. The van der Waals surface area contributed by atoms with Crippen molar-refractivity contribution in [2.75, 3.05) is 10.8 Å². The average molecular weight is 462 g/mol. The first kappa shape index (κ1) is 18.8. The third kappa shape index (κ3) is 3.60. The Bertz CT molecular complexity index is 942. The molecule has 10 heteroatoms. The van der Waals surface area contributed by atoms with Gasteiger partial charge in [0, 0.05) is 15.1 Å². The summed E-state index contributed by atoms with van der Waals surface area (Å²) in [7, 11) is 0. The van der Waals surface area contributed by atoms with Crippen LogP contribution in [0.25, 0.3) is 0 Å². The van der Waals surface area contributed by atoms with E-state index in [0.717, 1.165) is 0 Å². The second-order valence-electron chi connectivity index (χ2n) is 5.40. The number of aliphatic carboxylic acids is 1. The minimum atomic E-state index is -2.13. The Kier molecular flexibility index (Phi) is 5.31. The molecule has 26 heavy (non-hydrogen) atoms. The van der Waals surface area contributed by atoms with Crippen molar-refractivity contribution in [1.29, 1.82) is 0 Å². The zero-order chi connectivity index (χ0) is 19.0. The monoisotopic (exact) mass is 460 g/mol. The molecular formula is C16H11BrClFN2O4S. The number of benzene rings is 2. The van der Waals surface area contributed by atoms with Gasteiger partial charge in [0.05, 0.1) is 17.8 Å². The van der Waals surface area contributed by atoms with Gasteiger partial charge in [0.2, 0.25) is 11.2 Å². The van der Waals surface area contributed by atoms with Crippen molar-refractivity contribution >= 4 is 56.3 Å². The van der Waals surface area contributed by atoms with Gasteiger partial charge in [0.1, 0.15) is 12.4 Å². The first-order valence-corrected chi connectivity index (χ1v) is 9.48. The highest BCUT2D eigenvalue weighted by Gasteiger charge is 2.37. The van der Waals surface area contributed by atoms with E-state index >= 15 is 0 Å². The number of carbonyl (C=O) groups excluding carboxylic acids is 1. The lowest BCUT2D eigenvalue weighted by atomic mass is 10.1. The zero-order valence-electron chi connectivity index (χ0n) is 13.0. The number of rotatable bonds is 4. The average Bonchev–Trinajstić information content (AvgIpc) is 2.57. The van der Waals surface area contributed by atoms with Crippen LogP contribution in [0.4, 0.5) is 10.1 Å². The highest BCUT2D eigenvalue weighted by atomic mass is 79.9. The topological polar surface area (TPSA) is 77.9 Å². The number of carboxylic acid groups (broad SMARTS) is 1. The molecule has 1 amide bonds. The van der Waals surface area contributed by atoms with E-state index in [1.807, 2.05) is 0 Å². The first-order valence-electron chi connectivity index (χ1n) is 7.24. The number of carboxylic acids is 1. The van der Waals surface area contributed by atoms with Crippen LogP contribution >= 0.6 is 27.5 Å². The van der Waals surface area contributed by atoms with Crippen LogP contribution < -0.4 is 4.31 Å². The second kappa shape index (κ2) is 7.34. The molecule has 1 unspecified atom stereocenters. The van der Waals surface area contributed by atoms with Gasteiger partial charge in [0.15, 0.2) is 0 Å². The van der Waals surface area contributed by atoms with Gasteiger partial charge >= 0.3 is 5.97 Å². The number of nitrogens with zero attached hydrogens (tertiary/aromatic N) is 2. The molecule has 0 spiro atoms. The van der Waals surface area contributed by atoms with Crippen LogP contribution in [-0.2, 0) is 22.5 Å². The van der Waals surface area contributed by atoms with E-state index in [0.29, 0.717) is 14.5 Å². The van der Waals surface area contributed by atoms with Gasteiger partial charge in [-0.1, -0.05) is 33.6 Å². The molecule has 0 saturated heterocycles. The summed E-state index contributed by atoms with van der Waals surface area (Å²) < 4.78 is 29.5. The fourth-order valence-corrected chi connectivity index (χ4v) is 4.28. The zero-order valence-corrected chi connectivity index (χ0v) is 16.1. The molecule has 2 aromatic carbocycles. The lowest BCUT2D eigenvalue weighted by Gasteiger charge is -2.35. The molecule has 0 aromatic heterocycles. The number of anilines is 1. The van der Waals surface area contributed by atoms with E-state index in [2.05, 4.69) is 15.9 Å². The quantitative estimate of drug-likeness (QED) is 0.757. The predicted octanol–water partition coefficient (Wildman–Crippen LogP) is 3.37. The molecule has 0 bridgehead atoms. The predicted molar refractivity (Wildman–Crippen MR) is 98.5 cm³/mol. The van der Waals surface area contributed by atoms with Gasteiger partial charge in [-0.25, -0.2) is 12.9 Å². The minimum Gasteiger partial charge on any atom is -0.480 e. The smallest absolute Gasteiger partial charge is 0.324 e. The molecule has 0 saturated carbocycles. The Hall–Kier alpha value is -1.97. The van der Waals surface area contributed by atoms with Crippen molar-refractivity contribution in [2.45, 2.75) is 6.54 Å². The van der Waals surface area contributed by atoms with Crippen molar-refractivity contribution in [2.24, 2.45) is 0 Å². The van der Waals surface area contributed by atoms with Crippen LogP contribution in [0.3, 0.4) is 0 Å². The third-order valence-corrected chi connectivity index (χ3v) is 5.77. The van der Waals surface area contributed by atoms with E-state index in [1.54, 1.807) is 6.07 Å². The van der Waals surface area contributed by atoms with Crippen LogP contribution in [0.1, 0.15) is 15.9 Å². The van der Waals surface area contributed by atoms with Crippen LogP contribution in [0.5, 0.6) is 0 Å². The summed E-state index contributed by atoms with van der Waals surface area (Å²) >= 11 is 6.97. The molecule has 1 aliphatic rings. The Balaban J connectivity index is 2.07. The molecule has 0 aliphatic carbocycles. The van der Waals surface area contributed by atoms with Crippen LogP contribution in [0, 0.1) is 5.82 Å².